The van der Waals surface area contributed by atoms with Gasteiger partial charge in [0.1, 0.15) is 5.69 Å². The summed E-state index contributed by atoms with van der Waals surface area (Å²) in [4.78, 5) is 16.6. The molecule has 0 saturated carbocycles. The number of carbonyl (C=O) groups is 1. The number of aromatic nitrogens is 1. The quantitative estimate of drug-likeness (QED) is 0.870. The van der Waals surface area contributed by atoms with Crippen molar-refractivity contribution in [2.75, 3.05) is 26.8 Å². The standard InChI is InChI=1S/C11H14BrN3O2/c1-17-6-5-15(4-2-3-13)11(16)10-7-9(12)8-14-10/h7-8,14H,2,4-6H2,1H3. The molecule has 0 saturated heterocycles. The fourth-order valence-electron chi connectivity index (χ4n) is 1.36. The Morgan fingerprint density at radius 2 is 2.41 bits per heavy atom. The molecule has 0 aliphatic rings. The molecule has 0 spiro atoms. The minimum absolute atomic E-state index is 0.122. The molecular weight excluding hydrogens is 286 g/mol. The van der Waals surface area contributed by atoms with Gasteiger partial charge in [0.25, 0.3) is 5.91 Å². The Hall–Kier alpha value is -1.32. The molecule has 0 atom stereocenters. The zero-order chi connectivity index (χ0) is 12.7. The number of nitrogens with one attached hydrogen (secondary N) is 1. The average molecular weight is 300 g/mol. The Balaban J connectivity index is 2.68. The minimum Gasteiger partial charge on any atom is -0.383 e. The summed E-state index contributed by atoms with van der Waals surface area (Å²) >= 11 is 3.28. The first-order valence-electron chi connectivity index (χ1n) is 5.18. The van der Waals surface area contributed by atoms with Crippen molar-refractivity contribution in [3.05, 3.63) is 22.4 Å². The molecule has 1 N–H and O–H groups in total. The highest BCUT2D eigenvalue weighted by atomic mass is 79.9. The van der Waals surface area contributed by atoms with Gasteiger partial charge in [0.2, 0.25) is 0 Å². The third kappa shape index (κ3) is 4.21. The monoisotopic (exact) mass is 299 g/mol. The Morgan fingerprint density at radius 1 is 1.65 bits per heavy atom. The Morgan fingerprint density at radius 3 is 2.94 bits per heavy atom. The van der Waals surface area contributed by atoms with E-state index in [9.17, 15) is 4.79 Å². The molecule has 1 rings (SSSR count). The number of halogens is 1. The van der Waals surface area contributed by atoms with E-state index in [0.717, 1.165) is 4.47 Å². The average Bonchev–Trinajstić information content (AvgIpc) is 2.75. The van der Waals surface area contributed by atoms with Crippen LogP contribution in [0.3, 0.4) is 0 Å². The predicted octanol–water partition coefficient (Wildman–Crippen LogP) is 1.78. The van der Waals surface area contributed by atoms with Gasteiger partial charge in [0, 0.05) is 30.9 Å². The van der Waals surface area contributed by atoms with E-state index in [1.54, 1.807) is 24.3 Å². The lowest BCUT2D eigenvalue weighted by molar-refractivity contribution is 0.0695. The van der Waals surface area contributed by atoms with Gasteiger partial charge in [-0.25, -0.2) is 0 Å². The van der Waals surface area contributed by atoms with E-state index in [1.807, 2.05) is 6.07 Å². The summed E-state index contributed by atoms with van der Waals surface area (Å²) in [6.07, 6.45) is 2.02. The van der Waals surface area contributed by atoms with Crippen LogP contribution < -0.4 is 0 Å². The number of H-pyrrole nitrogens is 1. The van der Waals surface area contributed by atoms with Gasteiger partial charge in [0.15, 0.2) is 0 Å². The number of nitriles is 1. The van der Waals surface area contributed by atoms with E-state index < -0.39 is 0 Å². The first-order chi connectivity index (χ1) is 8.19. The molecule has 0 aromatic carbocycles. The molecule has 0 radical (unpaired) electrons. The van der Waals surface area contributed by atoms with E-state index in [2.05, 4.69) is 20.9 Å². The van der Waals surface area contributed by atoms with Crippen LogP contribution in [0.25, 0.3) is 0 Å². The number of rotatable bonds is 6. The topological polar surface area (TPSA) is 69.1 Å². The van der Waals surface area contributed by atoms with Crippen LogP contribution in [0.4, 0.5) is 0 Å². The molecule has 1 amide bonds. The van der Waals surface area contributed by atoms with Crippen molar-refractivity contribution in [3.8, 4) is 6.07 Å². The molecule has 17 heavy (non-hydrogen) atoms. The number of ether oxygens (including phenoxy) is 1. The third-order valence-electron chi connectivity index (χ3n) is 2.22. The summed E-state index contributed by atoms with van der Waals surface area (Å²) in [5, 5.41) is 8.56. The zero-order valence-electron chi connectivity index (χ0n) is 9.57. The largest absolute Gasteiger partial charge is 0.383 e. The summed E-state index contributed by atoms with van der Waals surface area (Å²) in [6, 6.07) is 3.75. The van der Waals surface area contributed by atoms with E-state index in [-0.39, 0.29) is 5.91 Å². The van der Waals surface area contributed by atoms with Crippen molar-refractivity contribution in [2.24, 2.45) is 0 Å². The molecule has 5 nitrogen and oxygen atoms in total. The molecule has 92 valence electrons. The first kappa shape index (κ1) is 13.7. The molecule has 1 heterocycles. The minimum atomic E-state index is -0.122. The number of amides is 1. The summed E-state index contributed by atoms with van der Waals surface area (Å²) in [6.45, 7) is 1.35. The first-order valence-corrected chi connectivity index (χ1v) is 5.97. The fraction of sp³-hybridized carbons (Fsp3) is 0.455. The molecule has 0 bridgehead atoms. The molecule has 0 aliphatic heterocycles. The third-order valence-corrected chi connectivity index (χ3v) is 2.68. The van der Waals surface area contributed by atoms with Gasteiger partial charge < -0.3 is 14.6 Å². The molecule has 0 fully saturated rings. The van der Waals surface area contributed by atoms with Crippen molar-refractivity contribution in [1.29, 1.82) is 5.26 Å². The SMILES string of the molecule is COCCN(CCC#N)C(=O)c1cc(Br)c[nH]1. The summed E-state index contributed by atoms with van der Waals surface area (Å²) < 4.78 is 5.77. The fourth-order valence-corrected chi connectivity index (χ4v) is 1.71. The van der Waals surface area contributed by atoms with Crippen LogP contribution in [0.2, 0.25) is 0 Å². The van der Waals surface area contributed by atoms with Crippen LogP contribution in [0.15, 0.2) is 16.7 Å². The lowest BCUT2D eigenvalue weighted by atomic mass is 10.3. The predicted molar refractivity (Wildman–Crippen MR) is 66.5 cm³/mol. The van der Waals surface area contributed by atoms with Crippen molar-refractivity contribution in [1.82, 2.24) is 9.88 Å². The lowest BCUT2D eigenvalue weighted by Crippen LogP contribution is -2.34. The van der Waals surface area contributed by atoms with Crippen LogP contribution in [0.5, 0.6) is 0 Å². The summed E-state index contributed by atoms with van der Waals surface area (Å²) in [7, 11) is 1.58. The summed E-state index contributed by atoms with van der Waals surface area (Å²) in [5.41, 5.74) is 0.505. The number of aromatic amines is 1. The van der Waals surface area contributed by atoms with E-state index in [1.165, 1.54) is 0 Å². The maximum absolute atomic E-state index is 12.1. The molecule has 1 aromatic heterocycles. The number of methoxy groups -OCH3 is 1. The lowest BCUT2D eigenvalue weighted by Gasteiger charge is -2.20. The second-order valence-corrected chi connectivity index (χ2v) is 4.34. The van der Waals surface area contributed by atoms with Gasteiger partial charge >= 0.3 is 0 Å². The highest BCUT2D eigenvalue weighted by molar-refractivity contribution is 9.10. The van der Waals surface area contributed by atoms with Crippen LogP contribution in [-0.4, -0.2) is 42.6 Å². The number of hydrogen-bond donors (Lipinski definition) is 1. The van der Waals surface area contributed by atoms with Crippen molar-refractivity contribution < 1.29 is 9.53 Å². The van der Waals surface area contributed by atoms with Crippen molar-refractivity contribution in [2.45, 2.75) is 6.42 Å². The highest BCUT2D eigenvalue weighted by Gasteiger charge is 2.16. The second-order valence-electron chi connectivity index (χ2n) is 3.42. The van der Waals surface area contributed by atoms with Crippen LogP contribution in [-0.2, 0) is 4.74 Å². The maximum Gasteiger partial charge on any atom is 0.270 e. The zero-order valence-corrected chi connectivity index (χ0v) is 11.2. The normalized spacial score (nSPS) is 9.94. The van der Waals surface area contributed by atoms with Gasteiger partial charge in [-0.1, -0.05) is 0 Å². The van der Waals surface area contributed by atoms with Gasteiger partial charge in [-0.2, -0.15) is 5.26 Å². The van der Waals surface area contributed by atoms with Gasteiger partial charge in [0.05, 0.1) is 19.1 Å². The van der Waals surface area contributed by atoms with Crippen LogP contribution >= 0.6 is 15.9 Å². The Labute approximate surface area is 108 Å². The Kier molecular flexibility index (Phi) is 5.73. The number of carbonyl (C=O) groups excluding carboxylic acids is 1. The van der Waals surface area contributed by atoms with Crippen molar-refractivity contribution >= 4 is 21.8 Å². The van der Waals surface area contributed by atoms with Gasteiger partial charge in [-0.3, -0.25) is 4.79 Å². The Bertz CT molecular complexity index is 411. The van der Waals surface area contributed by atoms with E-state index in [4.69, 9.17) is 10.00 Å². The highest BCUT2D eigenvalue weighted by Crippen LogP contribution is 2.12. The second kappa shape index (κ2) is 7.09. The van der Waals surface area contributed by atoms with E-state index in [0.29, 0.717) is 31.8 Å². The number of hydrogen-bond acceptors (Lipinski definition) is 3. The molecule has 6 heteroatoms. The van der Waals surface area contributed by atoms with Crippen molar-refractivity contribution in [3.63, 3.8) is 0 Å². The van der Waals surface area contributed by atoms with Crippen LogP contribution in [0.1, 0.15) is 16.9 Å². The van der Waals surface area contributed by atoms with E-state index >= 15 is 0 Å². The van der Waals surface area contributed by atoms with Gasteiger partial charge in [-0.15, -0.1) is 0 Å². The molecule has 0 aliphatic carbocycles. The van der Waals surface area contributed by atoms with Gasteiger partial charge in [-0.05, 0) is 22.0 Å². The molecule has 1 aromatic rings. The smallest absolute Gasteiger partial charge is 0.270 e. The molecular formula is C11H14BrN3O2. The molecule has 0 unspecified atom stereocenters. The maximum atomic E-state index is 12.1. The number of nitrogens with zero attached hydrogens (tertiary/aromatic N) is 2. The summed E-state index contributed by atoms with van der Waals surface area (Å²) in [5.74, 6) is -0.122. The van der Waals surface area contributed by atoms with Crippen LogP contribution in [0, 0.1) is 11.3 Å².